The molecule has 2 aromatic heterocycles. The van der Waals surface area contributed by atoms with Gasteiger partial charge in [0.25, 0.3) is 0 Å². The van der Waals surface area contributed by atoms with Gasteiger partial charge in [0.2, 0.25) is 0 Å². The van der Waals surface area contributed by atoms with Gasteiger partial charge in [-0.1, -0.05) is 98.8 Å². The van der Waals surface area contributed by atoms with Crippen LogP contribution in [0.5, 0.6) is 0 Å². The molecule has 0 aliphatic heterocycles. The molecule has 3 heteroatoms. The van der Waals surface area contributed by atoms with Crippen molar-refractivity contribution in [2.45, 2.75) is 19.3 Å². The van der Waals surface area contributed by atoms with Gasteiger partial charge >= 0.3 is 0 Å². The molecule has 0 fully saturated rings. The van der Waals surface area contributed by atoms with Gasteiger partial charge in [-0.25, -0.2) is 0 Å². The van der Waals surface area contributed by atoms with Gasteiger partial charge in [-0.2, -0.15) is 0 Å². The molecule has 10 rings (SSSR count). The molecule has 228 valence electrons. The number of furan rings is 1. The average Bonchev–Trinajstić information content (AvgIpc) is 3.74. The van der Waals surface area contributed by atoms with E-state index in [0.717, 1.165) is 44.7 Å². The lowest BCUT2D eigenvalue weighted by molar-refractivity contribution is 0.660. The lowest BCUT2D eigenvalue weighted by atomic mass is 9.82. The first-order chi connectivity index (χ1) is 23.6. The van der Waals surface area contributed by atoms with Crippen molar-refractivity contribution in [3.63, 3.8) is 0 Å². The zero-order valence-electron chi connectivity index (χ0n) is 26.8. The van der Waals surface area contributed by atoms with Gasteiger partial charge in [-0.3, -0.25) is 0 Å². The zero-order valence-corrected chi connectivity index (χ0v) is 26.8. The summed E-state index contributed by atoms with van der Waals surface area (Å²) in [5.41, 5.74) is 13.9. The quantitative estimate of drug-likeness (QED) is 0.196. The predicted molar refractivity (Wildman–Crippen MR) is 200 cm³/mol. The third-order valence-electron chi connectivity index (χ3n) is 10.4. The van der Waals surface area contributed by atoms with E-state index in [1.54, 1.807) is 0 Å². The Hall–Kier alpha value is -6.06. The van der Waals surface area contributed by atoms with Crippen molar-refractivity contribution in [1.82, 2.24) is 4.57 Å². The highest BCUT2D eigenvalue weighted by molar-refractivity contribution is 6.09. The minimum atomic E-state index is -0.101. The molecular weight excluding hydrogens is 585 g/mol. The summed E-state index contributed by atoms with van der Waals surface area (Å²) in [6.07, 6.45) is 0. The van der Waals surface area contributed by atoms with Crippen molar-refractivity contribution in [1.29, 1.82) is 0 Å². The lowest BCUT2D eigenvalue weighted by Gasteiger charge is -2.28. The fourth-order valence-corrected chi connectivity index (χ4v) is 8.08. The summed E-state index contributed by atoms with van der Waals surface area (Å²) in [7, 11) is 0. The molecule has 2 heterocycles. The Morgan fingerprint density at radius 3 is 1.79 bits per heavy atom. The molecule has 0 N–H and O–H groups in total. The minimum absolute atomic E-state index is 0.101. The van der Waals surface area contributed by atoms with E-state index in [0.29, 0.717) is 0 Å². The fraction of sp³-hybridized carbons (Fsp3) is 0.0667. The highest BCUT2D eigenvalue weighted by Crippen LogP contribution is 2.51. The summed E-state index contributed by atoms with van der Waals surface area (Å²) in [6, 6.07) is 57.0. The summed E-state index contributed by atoms with van der Waals surface area (Å²) in [5, 5.41) is 4.79. The third kappa shape index (κ3) is 3.82. The van der Waals surface area contributed by atoms with Crippen LogP contribution < -0.4 is 4.90 Å². The second-order valence-corrected chi connectivity index (χ2v) is 13.4. The molecule has 1 aliphatic carbocycles. The molecule has 9 aromatic rings. The van der Waals surface area contributed by atoms with Crippen LogP contribution in [0.1, 0.15) is 25.0 Å². The van der Waals surface area contributed by atoms with Crippen LogP contribution in [0.3, 0.4) is 0 Å². The topological polar surface area (TPSA) is 21.3 Å². The van der Waals surface area contributed by atoms with Gasteiger partial charge in [0.1, 0.15) is 11.2 Å². The number of fused-ring (bicyclic) bond motifs is 9. The second kappa shape index (κ2) is 9.97. The Morgan fingerprint density at radius 2 is 1.02 bits per heavy atom. The standard InChI is InChI=1S/C45H32N2O/c1-45(2)39-15-7-3-11-33(39)34-25-23-31(27-40(34)45)46(32-24-26-38-37-14-6-10-18-43(37)48-44(38)28-32)29-19-21-30(22-20-29)47-41-16-8-4-12-35(41)36-13-5-9-17-42(36)47/h3-28H,1-2H3. The molecule has 0 saturated carbocycles. The molecule has 7 aromatic carbocycles. The number of hydrogen-bond acceptors (Lipinski definition) is 2. The van der Waals surface area contributed by atoms with Crippen molar-refractivity contribution in [2.75, 3.05) is 4.90 Å². The van der Waals surface area contributed by atoms with E-state index < -0.39 is 0 Å². The molecule has 0 amide bonds. The van der Waals surface area contributed by atoms with Gasteiger partial charge in [0.05, 0.1) is 11.0 Å². The van der Waals surface area contributed by atoms with Crippen LogP contribution in [0.2, 0.25) is 0 Å². The van der Waals surface area contributed by atoms with Crippen LogP contribution in [0.4, 0.5) is 17.1 Å². The summed E-state index contributed by atoms with van der Waals surface area (Å²) in [6.45, 7) is 4.68. The maximum Gasteiger partial charge on any atom is 0.137 e. The summed E-state index contributed by atoms with van der Waals surface area (Å²) in [5.74, 6) is 0. The molecule has 0 radical (unpaired) electrons. The molecule has 0 unspecified atom stereocenters. The van der Waals surface area contributed by atoms with Gasteiger partial charge in [0, 0.05) is 55.8 Å². The number of para-hydroxylation sites is 3. The van der Waals surface area contributed by atoms with Crippen LogP contribution in [-0.2, 0) is 5.41 Å². The van der Waals surface area contributed by atoms with Gasteiger partial charge < -0.3 is 13.9 Å². The Bertz CT molecular complexity index is 2650. The van der Waals surface area contributed by atoms with E-state index in [4.69, 9.17) is 4.42 Å². The van der Waals surface area contributed by atoms with Crippen LogP contribution in [0.25, 0.3) is 60.6 Å². The Morgan fingerprint density at radius 1 is 0.458 bits per heavy atom. The Labute approximate surface area is 278 Å². The van der Waals surface area contributed by atoms with E-state index in [2.05, 4.69) is 169 Å². The van der Waals surface area contributed by atoms with Gasteiger partial charge in [-0.05, 0) is 89.0 Å². The van der Waals surface area contributed by atoms with Crippen molar-refractivity contribution in [2.24, 2.45) is 0 Å². The van der Waals surface area contributed by atoms with E-state index in [1.165, 1.54) is 44.1 Å². The van der Waals surface area contributed by atoms with E-state index in [-0.39, 0.29) is 5.41 Å². The normalized spacial score (nSPS) is 13.4. The molecule has 0 spiro atoms. The molecular formula is C45H32N2O. The van der Waals surface area contributed by atoms with Crippen LogP contribution in [0, 0.1) is 0 Å². The van der Waals surface area contributed by atoms with E-state index in [9.17, 15) is 0 Å². The van der Waals surface area contributed by atoms with Crippen LogP contribution in [0.15, 0.2) is 162 Å². The first-order valence-corrected chi connectivity index (χ1v) is 16.6. The Kier molecular flexibility index (Phi) is 5.63. The molecule has 0 atom stereocenters. The van der Waals surface area contributed by atoms with Crippen molar-refractivity contribution < 1.29 is 4.42 Å². The number of hydrogen-bond donors (Lipinski definition) is 0. The first kappa shape index (κ1) is 27.1. The van der Waals surface area contributed by atoms with Crippen molar-refractivity contribution >= 4 is 60.8 Å². The second-order valence-electron chi connectivity index (χ2n) is 13.4. The summed E-state index contributed by atoms with van der Waals surface area (Å²) >= 11 is 0. The van der Waals surface area contributed by atoms with Crippen LogP contribution in [-0.4, -0.2) is 4.57 Å². The van der Waals surface area contributed by atoms with Gasteiger partial charge in [0.15, 0.2) is 0 Å². The highest BCUT2D eigenvalue weighted by atomic mass is 16.3. The first-order valence-electron chi connectivity index (χ1n) is 16.6. The van der Waals surface area contributed by atoms with Crippen LogP contribution >= 0.6 is 0 Å². The zero-order chi connectivity index (χ0) is 32.0. The lowest BCUT2D eigenvalue weighted by Crippen LogP contribution is -2.16. The monoisotopic (exact) mass is 616 g/mol. The number of benzene rings is 7. The maximum absolute atomic E-state index is 6.38. The minimum Gasteiger partial charge on any atom is -0.456 e. The van der Waals surface area contributed by atoms with E-state index in [1.807, 2.05) is 12.1 Å². The smallest absolute Gasteiger partial charge is 0.137 e. The average molecular weight is 617 g/mol. The Balaban J connectivity index is 1.16. The largest absolute Gasteiger partial charge is 0.456 e. The number of aromatic nitrogens is 1. The summed E-state index contributed by atoms with van der Waals surface area (Å²) < 4.78 is 8.75. The molecule has 48 heavy (non-hydrogen) atoms. The van der Waals surface area contributed by atoms with Gasteiger partial charge in [-0.15, -0.1) is 0 Å². The molecule has 0 saturated heterocycles. The number of nitrogens with zero attached hydrogens (tertiary/aromatic N) is 2. The molecule has 0 bridgehead atoms. The number of rotatable bonds is 4. The van der Waals surface area contributed by atoms with Crippen molar-refractivity contribution in [3.8, 4) is 16.8 Å². The SMILES string of the molecule is CC1(C)c2ccccc2-c2ccc(N(c3ccc(-n4c5ccccc5c5ccccc54)cc3)c3ccc4c(c3)oc3ccccc34)cc21. The predicted octanol–water partition coefficient (Wildman–Crippen LogP) is 12.5. The molecule has 3 nitrogen and oxygen atoms in total. The summed E-state index contributed by atoms with van der Waals surface area (Å²) in [4.78, 5) is 2.36. The number of anilines is 3. The fourth-order valence-electron chi connectivity index (χ4n) is 8.08. The van der Waals surface area contributed by atoms with Crippen molar-refractivity contribution in [3.05, 3.63) is 169 Å². The maximum atomic E-state index is 6.38. The highest BCUT2D eigenvalue weighted by Gasteiger charge is 2.35. The van der Waals surface area contributed by atoms with E-state index >= 15 is 0 Å². The molecule has 1 aliphatic rings. The third-order valence-corrected chi connectivity index (χ3v) is 10.4.